The van der Waals surface area contributed by atoms with Gasteiger partial charge in [0.25, 0.3) is 5.91 Å². The first-order valence-corrected chi connectivity index (χ1v) is 8.78. The van der Waals surface area contributed by atoms with Gasteiger partial charge in [0, 0.05) is 36.3 Å². The van der Waals surface area contributed by atoms with Gasteiger partial charge >= 0.3 is 0 Å². The molecule has 1 aliphatic rings. The van der Waals surface area contributed by atoms with Crippen LogP contribution < -0.4 is 0 Å². The van der Waals surface area contributed by atoms with Crippen LogP contribution in [0.1, 0.15) is 57.3 Å². The Labute approximate surface area is 148 Å². The standard InChI is InChI=1S/C20H25N3O2/c1-13-7-14(2)9-17(8-13)20(25)23-6-4-5-16(11-23)19-18(12-24)10-21-15(3)22-19/h7-10,16,24H,4-6,11-12H2,1-3H3. The van der Waals surface area contributed by atoms with E-state index in [4.69, 9.17) is 0 Å². The van der Waals surface area contributed by atoms with E-state index in [2.05, 4.69) is 16.0 Å². The summed E-state index contributed by atoms with van der Waals surface area (Å²) in [4.78, 5) is 23.6. The molecule has 1 atom stereocenters. The van der Waals surface area contributed by atoms with Crippen molar-refractivity contribution < 1.29 is 9.90 Å². The van der Waals surface area contributed by atoms with Crippen LogP contribution in [0.4, 0.5) is 0 Å². The van der Waals surface area contributed by atoms with Crippen molar-refractivity contribution >= 4 is 5.91 Å². The third-order valence-corrected chi connectivity index (χ3v) is 4.75. The molecule has 1 saturated heterocycles. The smallest absolute Gasteiger partial charge is 0.253 e. The fraction of sp³-hybridized carbons (Fsp3) is 0.450. The Morgan fingerprint density at radius 3 is 2.64 bits per heavy atom. The molecule has 1 aliphatic heterocycles. The van der Waals surface area contributed by atoms with Gasteiger partial charge in [-0.25, -0.2) is 9.97 Å². The van der Waals surface area contributed by atoms with E-state index in [1.165, 1.54) is 0 Å². The molecule has 1 N–H and O–H groups in total. The molecule has 5 heteroatoms. The van der Waals surface area contributed by atoms with Crippen LogP contribution in [0.5, 0.6) is 0 Å². The van der Waals surface area contributed by atoms with Crippen molar-refractivity contribution in [1.82, 2.24) is 14.9 Å². The van der Waals surface area contributed by atoms with Gasteiger partial charge in [-0.2, -0.15) is 0 Å². The lowest BCUT2D eigenvalue weighted by Crippen LogP contribution is -2.39. The zero-order valence-electron chi connectivity index (χ0n) is 15.1. The highest BCUT2D eigenvalue weighted by atomic mass is 16.3. The average Bonchev–Trinajstić information content (AvgIpc) is 2.60. The number of carbonyl (C=O) groups is 1. The molecule has 0 bridgehead atoms. The van der Waals surface area contributed by atoms with Gasteiger partial charge in [0.1, 0.15) is 5.82 Å². The van der Waals surface area contributed by atoms with Crippen molar-refractivity contribution in [3.8, 4) is 0 Å². The van der Waals surface area contributed by atoms with E-state index in [1.807, 2.05) is 37.8 Å². The number of likely N-dealkylation sites (tertiary alicyclic amines) is 1. The van der Waals surface area contributed by atoms with Crippen molar-refractivity contribution in [2.24, 2.45) is 0 Å². The molecule has 3 rings (SSSR count). The Hall–Kier alpha value is -2.27. The maximum Gasteiger partial charge on any atom is 0.253 e. The molecule has 132 valence electrons. The Bertz CT molecular complexity index is 768. The summed E-state index contributed by atoms with van der Waals surface area (Å²) in [5.41, 5.74) is 4.60. The molecular formula is C20H25N3O2. The first kappa shape index (κ1) is 17.5. The second-order valence-electron chi connectivity index (χ2n) is 6.95. The summed E-state index contributed by atoms with van der Waals surface area (Å²) < 4.78 is 0. The minimum Gasteiger partial charge on any atom is -0.392 e. The van der Waals surface area contributed by atoms with E-state index in [9.17, 15) is 9.90 Å². The van der Waals surface area contributed by atoms with Crippen LogP contribution in [-0.4, -0.2) is 39.0 Å². The number of hydrogen-bond donors (Lipinski definition) is 1. The van der Waals surface area contributed by atoms with Gasteiger partial charge in [-0.1, -0.05) is 17.2 Å². The Balaban J connectivity index is 1.84. The average molecular weight is 339 g/mol. The number of aliphatic hydroxyl groups is 1. The molecule has 0 saturated carbocycles. The SMILES string of the molecule is Cc1cc(C)cc(C(=O)N2CCCC(c3nc(C)ncc3CO)C2)c1. The van der Waals surface area contributed by atoms with Crippen LogP contribution >= 0.6 is 0 Å². The van der Waals surface area contributed by atoms with Crippen LogP contribution in [0.15, 0.2) is 24.4 Å². The van der Waals surface area contributed by atoms with E-state index >= 15 is 0 Å². The molecule has 0 spiro atoms. The molecule has 0 aliphatic carbocycles. The van der Waals surface area contributed by atoms with Gasteiger partial charge in [0.05, 0.1) is 12.3 Å². The molecule has 1 fully saturated rings. The number of amides is 1. The summed E-state index contributed by atoms with van der Waals surface area (Å²) in [6, 6.07) is 5.98. The predicted octanol–water partition coefficient (Wildman–Crippen LogP) is 2.91. The minimum atomic E-state index is -0.0723. The van der Waals surface area contributed by atoms with Crippen molar-refractivity contribution in [3.63, 3.8) is 0 Å². The minimum absolute atomic E-state index is 0.0723. The lowest BCUT2D eigenvalue weighted by molar-refractivity contribution is 0.0705. The molecule has 1 aromatic carbocycles. The predicted molar refractivity (Wildman–Crippen MR) is 96.5 cm³/mol. The van der Waals surface area contributed by atoms with Crippen LogP contribution in [-0.2, 0) is 6.61 Å². The number of benzene rings is 1. The number of nitrogens with zero attached hydrogens (tertiary/aromatic N) is 3. The highest BCUT2D eigenvalue weighted by molar-refractivity contribution is 5.94. The molecule has 2 heterocycles. The van der Waals surface area contributed by atoms with Crippen LogP contribution in [0, 0.1) is 20.8 Å². The number of aryl methyl sites for hydroxylation is 3. The molecule has 1 aromatic heterocycles. The topological polar surface area (TPSA) is 66.3 Å². The molecular weight excluding hydrogens is 314 g/mol. The largest absolute Gasteiger partial charge is 0.392 e. The van der Waals surface area contributed by atoms with Gasteiger partial charge in [-0.15, -0.1) is 0 Å². The number of piperidine rings is 1. The summed E-state index contributed by atoms with van der Waals surface area (Å²) in [5, 5.41) is 9.59. The van der Waals surface area contributed by atoms with Crippen molar-refractivity contribution in [2.75, 3.05) is 13.1 Å². The summed E-state index contributed by atoms with van der Waals surface area (Å²) in [7, 11) is 0. The second-order valence-corrected chi connectivity index (χ2v) is 6.95. The third-order valence-electron chi connectivity index (χ3n) is 4.75. The summed E-state index contributed by atoms with van der Waals surface area (Å²) in [6.45, 7) is 7.21. The van der Waals surface area contributed by atoms with Gasteiger partial charge < -0.3 is 10.0 Å². The number of rotatable bonds is 3. The fourth-order valence-electron chi connectivity index (χ4n) is 3.65. The number of aromatic nitrogens is 2. The first-order valence-electron chi connectivity index (χ1n) is 8.78. The normalized spacial score (nSPS) is 17.6. The second kappa shape index (κ2) is 7.31. The third kappa shape index (κ3) is 3.87. The highest BCUT2D eigenvalue weighted by Gasteiger charge is 2.28. The van der Waals surface area contributed by atoms with E-state index < -0.39 is 0 Å². The fourth-order valence-corrected chi connectivity index (χ4v) is 3.65. The lowest BCUT2D eigenvalue weighted by Gasteiger charge is -2.33. The molecule has 25 heavy (non-hydrogen) atoms. The number of carbonyl (C=O) groups excluding carboxylic acids is 1. The van der Waals surface area contributed by atoms with Gasteiger partial charge in [0.15, 0.2) is 0 Å². The molecule has 5 nitrogen and oxygen atoms in total. The van der Waals surface area contributed by atoms with Crippen molar-refractivity contribution in [3.05, 3.63) is 58.2 Å². The maximum absolute atomic E-state index is 12.9. The molecule has 1 amide bonds. The molecule has 2 aromatic rings. The Morgan fingerprint density at radius 1 is 1.24 bits per heavy atom. The maximum atomic E-state index is 12.9. The quantitative estimate of drug-likeness (QED) is 0.934. The number of aliphatic hydroxyl groups excluding tert-OH is 1. The Kier molecular flexibility index (Phi) is 5.13. The summed E-state index contributed by atoms with van der Waals surface area (Å²) in [6.07, 6.45) is 3.61. The highest BCUT2D eigenvalue weighted by Crippen LogP contribution is 2.29. The molecule has 0 radical (unpaired) electrons. The van der Waals surface area contributed by atoms with Crippen LogP contribution in [0.3, 0.4) is 0 Å². The van der Waals surface area contributed by atoms with Crippen LogP contribution in [0.25, 0.3) is 0 Å². The lowest BCUT2D eigenvalue weighted by atomic mass is 9.91. The summed E-state index contributed by atoms with van der Waals surface area (Å²) in [5.74, 6) is 0.922. The monoisotopic (exact) mass is 339 g/mol. The van der Waals surface area contributed by atoms with Crippen molar-refractivity contribution in [2.45, 2.75) is 46.1 Å². The van der Waals surface area contributed by atoms with E-state index in [0.717, 1.165) is 47.3 Å². The van der Waals surface area contributed by atoms with Crippen LogP contribution in [0.2, 0.25) is 0 Å². The summed E-state index contributed by atoms with van der Waals surface area (Å²) >= 11 is 0. The van der Waals surface area contributed by atoms with E-state index in [1.54, 1.807) is 6.20 Å². The van der Waals surface area contributed by atoms with Gasteiger partial charge in [0.2, 0.25) is 0 Å². The van der Waals surface area contributed by atoms with Gasteiger partial charge in [-0.05, 0) is 45.7 Å². The Morgan fingerprint density at radius 2 is 1.96 bits per heavy atom. The zero-order chi connectivity index (χ0) is 18.0. The van der Waals surface area contributed by atoms with Crippen molar-refractivity contribution in [1.29, 1.82) is 0 Å². The van der Waals surface area contributed by atoms with E-state index in [0.29, 0.717) is 12.4 Å². The zero-order valence-corrected chi connectivity index (χ0v) is 15.1. The van der Waals surface area contributed by atoms with E-state index in [-0.39, 0.29) is 18.4 Å². The molecule has 1 unspecified atom stereocenters. The number of hydrogen-bond acceptors (Lipinski definition) is 4. The first-order chi connectivity index (χ1) is 12.0. The van der Waals surface area contributed by atoms with Gasteiger partial charge in [-0.3, -0.25) is 4.79 Å².